The minimum atomic E-state index is -0.532. The number of aromatic nitrogens is 2. The highest BCUT2D eigenvalue weighted by Crippen LogP contribution is 2.35. The maximum atomic E-state index is 13.5. The predicted molar refractivity (Wildman–Crippen MR) is 204 cm³/mol. The van der Waals surface area contributed by atoms with Crippen LogP contribution in [0.3, 0.4) is 0 Å². The summed E-state index contributed by atoms with van der Waals surface area (Å²) in [5.41, 5.74) is 7.30. The van der Waals surface area contributed by atoms with E-state index in [0.29, 0.717) is 54.0 Å². The van der Waals surface area contributed by atoms with Gasteiger partial charge in [0.15, 0.2) is 13.2 Å². The van der Waals surface area contributed by atoms with E-state index in [4.69, 9.17) is 19.9 Å². The van der Waals surface area contributed by atoms with E-state index in [-0.39, 0.29) is 74.0 Å². The molecular formula is C38H45ClF2N8O8. The number of amides is 4. The van der Waals surface area contributed by atoms with Crippen molar-refractivity contribution in [2.45, 2.75) is 50.0 Å². The molecule has 16 nitrogen and oxygen atoms in total. The Balaban J connectivity index is 0.000000146. The molecule has 0 bridgehead atoms. The Morgan fingerprint density at radius 2 is 1.32 bits per heavy atom. The average Bonchev–Trinajstić information content (AvgIpc) is 4.01. The van der Waals surface area contributed by atoms with Crippen LogP contribution in [-0.2, 0) is 14.3 Å². The molecule has 8 heterocycles. The van der Waals surface area contributed by atoms with Gasteiger partial charge in [0.2, 0.25) is 11.8 Å². The van der Waals surface area contributed by atoms with Crippen LogP contribution in [0.1, 0.15) is 46.4 Å². The molecule has 57 heavy (non-hydrogen) atoms. The Morgan fingerprint density at radius 3 is 1.79 bits per heavy atom. The molecule has 2 atom stereocenters. The van der Waals surface area contributed by atoms with Gasteiger partial charge in [-0.15, -0.1) is 12.4 Å². The van der Waals surface area contributed by atoms with Crippen molar-refractivity contribution < 1.29 is 47.3 Å². The van der Waals surface area contributed by atoms with E-state index in [1.807, 2.05) is 0 Å². The van der Waals surface area contributed by atoms with Crippen LogP contribution in [-0.4, -0.2) is 138 Å². The summed E-state index contributed by atoms with van der Waals surface area (Å²) in [6, 6.07) is 9.60. The lowest BCUT2D eigenvalue weighted by Crippen LogP contribution is -2.52. The van der Waals surface area contributed by atoms with Crippen molar-refractivity contribution in [3.05, 3.63) is 71.6 Å². The first-order chi connectivity index (χ1) is 27.1. The average molecular weight is 815 g/mol. The second-order valence-corrected chi connectivity index (χ2v) is 14.2. The number of benzene rings is 1. The summed E-state index contributed by atoms with van der Waals surface area (Å²) in [6.45, 7) is 4.95. The molecule has 6 aliphatic heterocycles. The molecule has 0 radical (unpaired) electrons. The fraction of sp³-hybridized carbons (Fsp3) is 0.474. The van der Waals surface area contributed by atoms with E-state index >= 15 is 0 Å². The fourth-order valence-corrected chi connectivity index (χ4v) is 7.45. The zero-order valence-corrected chi connectivity index (χ0v) is 31.9. The van der Waals surface area contributed by atoms with Gasteiger partial charge in [0.05, 0.1) is 48.9 Å². The number of aliphatic hydroxyl groups is 1. The van der Waals surface area contributed by atoms with E-state index in [1.165, 1.54) is 17.0 Å². The van der Waals surface area contributed by atoms with E-state index in [2.05, 4.69) is 20.2 Å². The standard InChI is InChI=1S/C15H21FN4O3.C12H14FN3O2.C11H9NO3.ClH/c16-10-5-13-15(18-7-10)23-9-14(22)20(13)11-1-3-19(4-2-11)8-12(21)6-17;13-8-5-10-12(15-6-8)18-7-11(17)16(10)9-1-3-14-4-2-9;13-10-8-3-1-2-4-9(8)11(14)12(10)5-7-6-15-7;/h5,7,11-12,21H,1-4,6,8-9,17H2;5-6,9,14H,1-4,7H2;1-4,7H,5-6H2;1H. The molecule has 306 valence electrons. The van der Waals surface area contributed by atoms with Gasteiger partial charge in [-0.3, -0.25) is 24.1 Å². The molecule has 0 saturated carbocycles. The summed E-state index contributed by atoms with van der Waals surface area (Å²) >= 11 is 0. The van der Waals surface area contributed by atoms with Gasteiger partial charge in [-0.1, -0.05) is 12.1 Å². The Hall–Kier alpha value is -4.85. The van der Waals surface area contributed by atoms with Crippen molar-refractivity contribution in [3.63, 3.8) is 0 Å². The van der Waals surface area contributed by atoms with Crippen molar-refractivity contribution in [2.75, 3.05) is 75.4 Å². The highest BCUT2D eigenvalue weighted by Gasteiger charge is 2.39. The fourth-order valence-electron chi connectivity index (χ4n) is 7.45. The molecule has 4 N–H and O–H groups in total. The highest BCUT2D eigenvalue weighted by molar-refractivity contribution is 6.21. The highest BCUT2D eigenvalue weighted by atomic mass is 35.5. The lowest BCUT2D eigenvalue weighted by Gasteiger charge is -2.40. The molecule has 0 aliphatic carbocycles. The molecule has 6 aliphatic rings. The number of hydrogen-bond donors (Lipinski definition) is 3. The topological polar surface area (TPSA) is 196 Å². The maximum absolute atomic E-state index is 13.5. The molecule has 4 amide bonds. The number of carbonyl (C=O) groups is 4. The van der Waals surface area contributed by atoms with E-state index < -0.39 is 17.7 Å². The van der Waals surface area contributed by atoms with Gasteiger partial charge in [0.25, 0.3) is 23.6 Å². The van der Waals surface area contributed by atoms with Crippen LogP contribution in [0.4, 0.5) is 20.2 Å². The molecule has 0 spiro atoms. The van der Waals surface area contributed by atoms with Gasteiger partial charge >= 0.3 is 0 Å². The van der Waals surface area contributed by atoms with Gasteiger partial charge in [-0.25, -0.2) is 18.7 Å². The lowest BCUT2D eigenvalue weighted by atomic mass is 10.0. The first-order valence-corrected chi connectivity index (χ1v) is 18.7. The number of pyridine rings is 2. The van der Waals surface area contributed by atoms with E-state index in [9.17, 15) is 33.1 Å². The van der Waals surface area contributed by atoms with Crippen LogP contribution < -0.4 is 30.3 Å². The molecule has 3 saturated heterocycles. The summed E-state index contributed by atoms with van der Waals surface area (Å²) in [6.07, 6.45) is 4.93. The smallest absolute Gasteiger partial charge is 0.265 e. The zero-order valence-electron chi connectivity index (χ0n) is 31.1. The minimum absolute atomic E-state index is 0. The summed E-state index contributed by atoms with van der Waals surface area (Å²) in [4.78, 5) is 62.4. The number of carbonyl (C=O) groups excluding carboxylic acids is 4. The van der Waals surface area contributed by atoms with Crippen molar-refractivity contribution in [1.82, 2.24) is 25.1 Å². The summed E-state index contributed by atoms with van der Waals surface area (Å²) < 4.78 is 42.3. The number of ether oxygens (including phenoxy) is 3. The number of nitrogens with zero attached hydrogens (tertiary/aromatic N) is 6. The Morgan fingerprint density at radius 1 is 0.825 bits per heavy atom. The second-order valence-electron chi connectivity index (χ2n) is 14.2. The van der Waals surface area contributed by atoms with Gasteiger partial charge in [0, 0.05) is 50.4 Å². The quantitative estimate of drug-likeness (QED) is 0.230. The number of imide groups is 1. The van der Waals surface area contributed by atoms with E-state index in [1.54, 1.807) is 34.1 Å². The van der Waals surface area contributed by atoms with Crippen LogP contribution in [0.5, 0.6) is 11.8 Å². The van der Waals surface area contributed by atoms with Crippen LogP contribution >= 0.6 is 12.4 Å². The zero-order chi connectivity index (χ0) is 39.3. The van der Waals surface area contributed by atoms with Crippen LogP contribution in [0.2, 0.25) is 0 Å². The van der Waals surface area contributed by atoms with Crippen molar-refractivity contribution >= 4 is 47.4 Å². The molecule has 9 rings (SSSR count). The monoisotopic (exact) mass is 814 g/mol. The van der Waals surface area contributed by atoms with Crippen molar-refractivity contribution in [1.29, 1.82) is 0 Å². The van der Waals surface area contributed by atoms with Gasteiger partial charge in [-0.05, 0) is 50.9 Å². The number of epoxide rings is 1. The van der Waals surface area contributed by atoms with Crippen LogP contribution in [0.15, 0.2) is 48.8 Å². The second kappa shape index (κ2) is 18.6. The third-order valence-electron chi connectivity index (χ3n) is 10.3. The lowest BCUT2D eigenvalue weighted by molar-refractivity contribution is -0.122. The van der Waals surface area contributed by atoms with Crippen molar-refractivity contribution in [2.24, 2.45) is 5.73 Å². The van der Waals surface area contributed by atoms with Crippen LogP contribution in [0, 0.1) is 11.6 Å². The summed E-state index contributed by atoms with van der Waals surface area (Å²) in [5, 5.41) is 12.9. The molecule has 2 unspecified atom stereocenters. The number of hydrogen-bond acceptors (Lipinski definition) is 13. The molecule has 1 aromatic carbocycles. The molecule has 2 aromatic heterocycles. The normalized spacial score (nSPS) is 21.1. The minimum Gasteiger partial charge on any atom is -0.466 e. The number of nitrogens with one attached hydrogen (secondary N) is 1. The number of halogens is 3. The number of aliphatic hydroxyl groups excluding tert-OH is 1. The Kier molecular flexibility index (Phi) is 13.6. The summed E-state index contributed by atoms with van der Waals surface area (Å²) in [5.74, 6) is -1.01. The summed E-state index contributed by atoms with van der Waals surface area (Å²) in [7, 11) is 0. The number of anilines is 2. The number of piperidine rings is 2. The maximum Gasteiger partial charge on any atom is 0.265 e. The van der Waals surface area contributed by atoms with Gasteiger partial charge in [0.1, 0.15) is 23.0 Å². The molecule has 3 fully saturated rings. The Bertz CT molecular complexity index is 1910. The molecular weight excluding hydrogens is 770 g/mol. The molecule has 19 heteroatoms. The third-order valence-corrected chi connectivity index (χ3v) is 10.3. The predicted octanol–water partition coefficient (Wildman–Crippen LogP) is 1.53. The number of likely N-dealkylation sites (tertiary alicyclic amines) is 1. The van der Waals surface area contributed by atoms with Gasteiger partial charge in [-0.2, -0.15) is 0 Å². The first-order valence-electron chi connectivity index (χ1n) is 18.7. The number of nitrogens with two attached hydrogens (primary N) is 1. The van der Waals surface area contributed by atoms with Gasteiger partial charge < -0.3 is 45.1 Å². The Labute approximate surface area is 333 Å². The molecule has 3 aromatic rings. The number of fused-ring (bicyclic) bond motifs is 3. The SMILES string of the molecule is Cl.NCC(O)CN1CCC(N2C(=O)COc3ncc(F)cc32)CC1.O=C1COc2ncc(F)cc2N1C1CCNCC1.O=C1c2ccccc2C(=O)N1CC1CO1. The van der Waals surface area contributed by atoms with Crippen molar-refractivity contribution in [3.8, 4) is 11.8 Å². The third kappa shape index (κ3) is 9.65. The number of rotatable bonds is 7. The number of β-amino-alcohol motifs (C(OH)–C–C–N with tert-alkyl or cyclic N) is 1. The largest absolute Gasteiger partial charge is 0.466 e. The van der Waals surface area contributed by atoms with Crippen LogP contribution in [0.25, 0.3) is 0 Å². The van der Waals surface area contributed by atoms with E-state index in [0.717, 1.165) is 64.3 Å². The first kappa shape index (κ1) is 41.8.